The Balaban J connectivity index is 2.03. The Kier molecular flexibility index (Phi) is 9.52. The fourth-order valence-corrected chi connectivity index (χ4v) is 5.47. The molecule has 0 fully saturated rings. The molecule has 3 rings (SSSR count). The van der Waals surface area contributed by atoms with Crippen LogP contribution in [-0.2, 0) is 26.2 Å². The number of rotatable bonds is 11. The molecule has 1 N–H and O–H groups in total. The summed E-state index contributed by atoms with van der Waals surface area (Å²) in [5.74, 6) is -0.00555. The number of likely N-dealkylation sites (N-methyl/N-ethyl adjacent to an activating group) is 1. The van der Waals surface area contributed by atoms with Crippen LogP contribution in [-0.4, -0.2) is 51.9 Å². The first-order valence-corrected chi connectivity index (χ1v) is 13.8. The maximum atomic E-state index is 13.8. The van der Waals surface area contributed by atoms with E-state index >= 15 is 0 Å². The monoisotopic (exact) mass is 537 g/mol. The predicted octanol–water partition coefficient (Wildman–Crippen LogP) is 4.18. The zero-order chi connectivity index (χ0) is 27.9. The molecule has 0 unspecified atom stereocenters. The average Bonchev–Trinajstić information content (AvgIpc) is 2.94. The lowest BCUT2D eigenvalue weighted by atomic mass is 10.0. The Morgan fingerprint density at radius 2 is 1.58 bits per heavy atom. The van der Waals surface area contributed by atoms with E-state index in [1.54, 1.807) is 62.6 Å². The maximum Gasteiger partial charge on any atom is 0.264 e. The number of carbonyl (C=O) groups is 2. The third kappa shape index (κ3) is 6.72. The smallest absolute Gasteiger partial charge is 0.264 e. The molecule has 0 saturated heterocycles. The number of nitrogens with one attached hydrogen (secondary N) is 1. The number of methoxy groups -OCH3 is 1. The van der Waals surface area contributed by atoms with Crippen molar-refractivity contribution in [3.63, 3.8) is 0 Å². The number of ether oxygens (including phenoxy) is 1. The van der Waals surface area contributed by atoms with Gasteiger partial charge in [-0.15, -0.1) is 0 Å². The molecule has 0 saturated carbocycles. The van der Waals surface area contributed by atoms with Gasteiger partial charge in [0.15, 0.2) is 0 Å². The standard InChI is InChI=1S/C29H35N3O5S/c1-21(2)24-14-16-25(17-15-24)32(38(35,36)27-12-7-6-8-13-27)20-28(33)31(22(3)29(34)30-4)19-23-10-9-11-26(18-23)37-5/h6-18,21-22H,19-20H2,1-5H3,(H,30,34)/t22-/m0/s1. The topological polar surface area (TPSA) is 96.0 Å². The van der Waals surface area contributed by atoms with E-state index in [4.69, 9.17) is 4.74 Å². The second kappa shape index (κ2) is 12.6. The molecule has 2 amide bonds. The molecule has 0 spiro atoms. The van der Waals surface area contributed by atoms with Crippen molar-refractivity contribution in [1.29, 1.82) is 0 Å². The van der Waals surface area contributed by atoms with Gasteiger partial charge in [-0.3, -0.25) is 13.9 Å². The largest absolute Gasteiger partial charge is 0.497 e. The van der Waals surface area contributed by atoms with Crippen molar-refractivity contribution >= 4 is 27.5 Å². The van der Waals surface area contributed by atoms with Gasteiger partial charge < -0.3 is 15.0 Å². The molecule has 1 atom stereocenters. The number of sulfonamides is 1. The summed E-state index contributed by atoms with van der Waals surface area (Å²) in [6.45, 7) is 5.32. The molecule has 202 valence electrons. The van der Waals surface area contributed by atoms with Crippen molar-refractivity contribution in [2.24, 2.45) is 0 Å². The molecule has 8 nitrogen and oxygen atoms in total. The van der Waals surface area contributed by atoms with Gasteiger partial charge in [0.25, 0.3) is 10.0 Å². The van der Waals surface area contributed by atoms with Crippen molar-refractivity contribution in [1.82, 2.24) is 10.2 Å². The van der Waals surface area contributed by atoms with Crippen LogP contribution in [0.2, 0.25) is 0 Å². The highest BCUT2D eigenvalue weighted by Crippen LogP contribution is 2.27. The van der Waals surface area contributed by atoms with Crippen LogP contribution in [0.15, 0.2) is 83.8 Å². The van der Waals surface area contributed by atoms with E-state index in [2.05, 4.69) is 5.32 Å². The van der Waals surface area contributed by atoms with Crippen LogP contribution in [0, 0.1) is 0 Å². The lowest BCUT2D eigenvalue weighted by Crippen LogP contribution is -2.50. The Labute approximate surface area is 225 Å². The second-order valence-corrected chi connectivity index (χ2v) is 11.1. The zero-order valence-electron chi connectivity index (χ0n) is 22.4. The van der Waals surface area contributed by atoms with Crippen molar-refractivity contribution in [3.05, 3.63) is 90.0 Å². The summed E-state index contributed by atoms with van der Waals surface area (Å²) >= 11 is 0. The van der Waals surface area contributed by atoms with Crippen LogP contribution in [0.3, 0.4) is 0 Å². The van der Waals surface area contributed by atoms with Gasteiger partial charge in [-0.1, -0.05) is 56.3 Å². The van der Waals surface area contributed by atoms with E-state index in [1.807, 2.05) is 32.0 Å². The first-order chi connectivity index (χ1) is 18.1. The molecule has 0 bridgehead atoms. The number of hydrogen-bond donors (Lipinski definition) is 1. The van der Waals surface area contributed by atoms with Gasteiger partial charge in [-0.25, -0.2) is 8.42 Å². The fourth-order valence-electron chi connectivity index (χ4n) is 4.03. The minimum Gasteiger partial charge on any atom is -0.497 e. The van der Waals surface area contributed by atoms with E-state index in [1.165, 1.54) is 24.1 Å². The summed E-state index contributed by atoms with van der Waals surface area (Å²) < 4.78 is 33.9. The Morgan fingerprint density at radius 1 is 0.921 bits per heavy atom. The van der Waals surface area contributed by atoms with Gasteiger partial charge in [-0.2, -0.15) is 0 Å². The molecule has 9 heteroatoms. The highest BCUT2D eigenvalue weighted by atomic mass is 32.2. The van der Waals surface area contributed by atoms with Crippen molar-refractivity contribution < 1.29 is 22.7 Å². The first-order valence-electron chi connectivity index (χ1n) is 12.4. The van der Waals surface area contributed by atoms with E-state index in [0.717, 1.165) is 15.4 Å². The number of carbonyl (C=O) groups excluding carboxylic acids is 2. The third-order valence-electron chi connectivity index (χ3n) is 6.36. The summed E-state index contributed by atoms with van der Waals surface area (Å²) in [5, 5.41) is 2.58. The number of hydrogen-bond acceptors (Lipinski definition) is 5. The highest BCUT2D eigenvalue weighted by Gasteiger charge is 2.32. The lowest BCUT2D eigenvalue weighted by molar-refractivity contribution is -0.139. The van der Waals surface area contributed by atoms with Gasteiger partial charge in [0.1, 0.15) is 18.3 Å². The second-order valence-electron chi connectivity index (χ2n) is 9.23. The van der Waals surface area contributed by atoms with Gasteiger partial charge in [0, 0.05) is 13.6 Å². The molecule has 3 aromatic carbocycles. The van der Waals surface area contributed by atoms with E-state index in [-0.39, 0.29) is 23.3 Å². The van der Waals surface area contributed by atoms with Crippen LogP contribution in [0.1, 0.15) is 37.8 Å². The van der Waals surface area contributed by atoms with Crippen LogP contribution < -0.4 is 14.4 Å². The molecule has 0 radical (unpaired) electrons. The van der Waals surface area contributed by atoms with Crippen molar-refractivity contribution in [2.45, 2.75) is 44.2 Å². The number of anilines is 1. The molecule has 0 aliphatic rings. The number of nitrogens with zero attached hydrogens (tertiary/aromatic N) is 2. The number of amides is 2. The van der Waals surface area contributed by atoms with Crippen LogP contribution in [0.5, 0.6) is 5.75 Å². The van der Waals surface area contributed by atoms with Crippen LogP contribution in [0.25, 0.3) is 0 Å². The fraction of sp³-hybridized carbons (Fsp3) is 0.310. The average molecular weight is 538 g/mol. The summed E-state index contributed by atoms with van der Waals surface area (Å²) in [6.07, 6.45) is 0. The summed E-state index contributed by atoms with van der Waals surface area (Å²) in [5.41, 5.74) is 2.15. The summed E-state index contributed by atoms with van der Waals surface area (Å²) in [6, 6.07) is 21.5. The minimum absolute atomic E-state index is 0.0689. The quantitative estimate of drug-likeness (QED) is 0.396. The van der Waals surface area contributed by atoms with E-state index in [0.29, 0.717) is 11.4 Å². The SMILES string of the molecule is CNC(=O)[C@H](C)N(Cc1cccc(OC)c1)C(=O)CN(c1ccc(C(C)C)cc1)S(=O)(=O)c1ccccc1. The molecule has 3 aromatic rings. The van der Waals surface area contributed by atoms with E-state index in [9.17, 15) is 18.0 Å². The maximum absolute atomic E-state index is 13.8. The van der Waals surface area contributed by atoms with Gasteiger partial charge in [0.2, 0.25) is 11.8 Å². The molecule has 0 heterocycles. The Bertz CT molecular complexity index is 1340. The molecule has 0 aromatic heterocycles. The zero-order valence-corrected chi connectivity index (χ0v) is 23.2. The molecule has 0 aliphatic heterocycles. The van der Waals surface area contributed by atoms with Crippen molar-refractivity contribution in [2.75, 3.05) is 25.0 Å². The summed E-state index contributed by atoms with van der Waals surface area (Å²) in [7, 11) is -1.04. The van der Waals surface area contributed by atoms with E-state index < -0.39 is 28.5 Å². The van der Waals surface area contributed by atoms with Crippen LogP contribution in [0.4, 0.5) is 5.69 Å². The normalized spacial score (nSPS) is 12.1. The van der Waals surface area contributed by atoms with Crippen molar-refractivity contribution in [3.8, 4) is 5.75 Å². The molecule has 0 aliphatic carbocycles. The summed E-state index contributed by atoms with van der Waals surface area (Å²) in [4.78, 5) is 27.8. The predicted molar refractivity (Wildman–Crippen MR) is 149 cm³/mol. The Morgan fingerprint density at radius 3 is 2.16 bits per heavy atom. The van der Waals surface area contributed by atoms with Crippen LogP contribution >= 0.6 is 0 Å². The highest BCUT2D eigenvalue weighted by molar-refractivity contribution is 7.92. The van der Waals surface area contributed by atoms with Gasteiger partial charge in [0.05, 0.1) is 17.7 Å². The minimum atomic E-state index is -4.09. The lowest BCUT2D eigenvalue weighted by Gasteiger charge is -2.32. The third-order valence-corrected chi connectivity index (χ3v) is 8.15. The Hall–Kier alpha value is -3.85. The molecular formula is C29H35N3O5S. The van der Waals surface area contributed by atoms with Gasteiger partial charge >= 0.3 is 0 Å². The first kappa shape index (κ1) is 28.7. The van der Waals surface area contributed by atoms with Gasteiger partial charge in [-0.05, 0) is 60.4 Å². The number of benzene rings is 3. The molecule has 38 heavy (non-hydrogen) atoms. The molecular weight excluding hydrogens is 502 g/mol.